The number of ether oxygens (including phenoxy) is 1. The summed E-state index contributed by atoms with van der Waals surface area (Å²) >= 11 is 3.53. The van der Waals surface area contributed by atoms with Crippen LogP contribution in [-0.4, -0.2) is 23.9 Å². The van der Waals surface area contributed by atoms with Crippen molar-refractivity contribution in [2.75, 3.05) is 7.11 Å². The van der Waals surface area contributed by atoms with Crippen molar-refractivity contribution < 1.29 is 19.0 Å². The van der Waals surface area contributed by atoms with Gasteiger partial charge in [-0.05, 0) is 82.8 Å². The first kappa shape index (κ1) is 24.8. The molecule has 174 valence electrons. The molecule has 0 saturated heterocycles. The van der Waals surface area contributed by atoms with Gasteiger partial charge < -0.3 is 9.84 Å². The predicted octanol–water partition coefficient (Wildman–Crippen LogP) is 7.85. The number of methoxy groups -OCH3 is 1. The van der Waals surface area contributed by atoms with E-state index in [4.69, 9.17) is 4.74 Å². The van der Waals surface area contributed by atoms with Crippen LogP contribution in [0.1, 0.15) is 63.9 Å². The Hall–Kier alpha value is -1.88. The van der Waals surface area contributed by atoms with Crippen molar-refractivity contribution in [3.8, 4) is 16.9 Å². The van der Waals surface area contributed by atoms with Crippen molar-refractivity contribution in [3.63, 3.8) is 0 Å². The minimum absolute atomic E-state index is 0.0650. The highest BCUT2D eigenvalue weighted by Crippen LogP contribution is 2.41. The van der Waals surface area contributed by atoms with E-state index in [-0.39, 0.29) is 18.3 Å². The topological polar surface area (TPSA) is 46.5 Å². The number of hydrogen-bond acceptors (Lipinski definition) is 2. The largest absolute Gasteiger partial charge is 0.496 e. The highest BCUT2D eigenvalue weighted by molar-refractivity contribution is 9.10. The number of hydrogen-bond donors (Lipinski definition) is 1. The summed E-state index contributed by atoms with van der Waals surface area (Å²) in [5, 5.41) is 9.72. The van der Waals surface area contributed by atoms with Crippen LogP contribution in [0, 0.1) is 11.8 Å². The summed E-state index contributed by atoms with van der Waals surface area (Å²) in [6, 6.07) is 14.4. The molecular formula is C27H34BrFO3. The lowest BCUT2D eigenvalue weighted by molar-refractivity contribution is -0.158. The smallest absolute Gasteiger partial charge is 0.341 e. The molecule has 1 fully saturated rings. The molecule has 2 atom stereocenters. The fourth-order valence-corrected chi connectivity index (χ4v) is 5.48. The third-order valence-electron chi connectivity index (χ3n) is 7.05. The van der Waals surface area contributed by atoms with Crippen molar-refractivity contribution in [2.45, 2.75) is 70.4 Å². The highest BCUT2D eigenvalue weighted by atomic mass is 79.9. The summed E-state index contributed by atoms with van der Waals surface area (Å²) in [7, 11) is 1.65. The van der Waals surface area contributed by atoms with Crippen LogP contribution in [0.2, 0.25) is 0 Å². The maximum atomic E-state index is 15.7. The van der Waals surface area contributed by atoms with E-state index in [2.05, 4.69) is 40.2 Å². The average molecular weight is 505 g/mol. The Morgan fingerprint density at radius 1 is 1.16 bits per heavy atom. The van der Waals surface area contributed by atoms with E-state index in [0.29, 0.717) is 12.8 Å². The van der Waals surface area contributed by atoms with Crippen LogP contribution in [-0.2, 0) is 11.2 Å². The highest BCUT2D eigenvalue weighted by Gasteiger charge is 2.47. The molecule has 0 spiro atoms. The summed E-state index contributed by atoms with van der Waals surface area (Å²) in [5.41, 5.74) is 1.33. The van der Waals surface area contributed by atoms with Crippen LogP contribution in [0.25, 0.3) is 11.1 Å². The zero-order valence-corrected chi connectivity index (χ0v) is 20.7. The first-order valence-electron chi connectivity index (χ1n) is 11.7. The molecule has 0 amide bonds. The van der Waals surface area contributed by atoms with Gasteiger partial charge in [0, 0.05) is 5.92 Å². The van der Waals surface area contributed by atoms with Crippen LogP contribution < -0.4 is 4.74 Å². The lowest BCUT2D eigenvalue weighted by atomic mass is 9.73. The van der Waals surface area contributed by atoms with Crippen molar-refractivity contribution in [1.29, 1.82) is 0 Å². The molecule has 0 radical (unpaired) electrons. The molecule has 1 aliphatic carbocycles. The molecule has 5 heteroatoms. The van der Waals surface area contributed by atoms with Gasteiger partial charge in [0.15, 0.2) is 0 Å². The minimum atomic E-state index is -2.09. The monoisotopic (exact) mass is 504 g/mol. The van der Waals surface area contributed by atoms with E-state index >= 15 is 4.39 Å². The molecule has 1 unspecified atom stereocenters. The van der Waals surface area contributed by atoms with Crippen LogP contribution in [0.4, 0.5) is 4.39 Å². The fourth-order valence-electron chi connectivity index (χ4n) is 4.94. The molecule has 2 aromatic carbocycles. The second-order valence-corrected chi connectivity index (χ2v) is 9.92. The average Bonchev–Trinajstić information content (AvgIpc) is 2.82. The Morgan fingerprint density at radius 3 is 2.38 bits per heavy atom. The third-order valence-corrected chi connectivity index (χ3v) is 7.67. The molecule has 0 heterocycles. The number of carboxylic acids is 1. The molecule has 3 nitrogen and oxygen atoms in total. The molecule has 3 rings (SSSR count). The van der Waals surface area contributed by atoms with E-state index < -0.39 is 11.6 Å². The van der Waals surface area contributed by atoms with Crippen LogP contribution >= 0.6 is 15.9 Å². The summed E-state index contributed by atoms with van der Waals surface area (Å²) in [4.78, 5) is 11.9. The number of benzene rings is 2. The summed E-state index contributed by atoms with van der Waals surface area (Å²) < 4.78 is 21.9. The van der Waals surface area contributed by atoms with Gasteiger partial charge in [-0.25, -0.2) is 9.18 Å². The Balaban J connectivity index is 1.63. The van der Waals surface area contributed by atoms with E-state index in [1.54, 1.807) is 7.11 Å². The molecule has 2 aromatic rings. The molecule has 0 bridgehead atoms. The zero-order valence-electron chi connectivity index (χ0n) is 19.1. The molecule has 1 saturated carbocycles. The molecule has 32 heavy (non-hydrogen) atoms. The Kier molecular flexibility index (Phi) is 8.75. The van der Waals surface area contributed by atoms with Gasteiger partial charge in [-0.15, -0.1) is 0 Å². The van der Waals surface area contributed by atoms with Gasteiger partial charge in [0.1, 0.15) is 5.75 Å². The van der Waals surface area contributed by atoms with Gasteiger partial charge in [0.2, 0.25) is 5.67 Å². The Morgan fingerprint density at radius 2 is 1.81 bits per heavy atom. The zero-order chi connectivity index (χ0) is 23.1. The van der Waals surface area contributed by atoms with Gasteiger partial charge in [-0.3, -0.25) is 0 Å². The van der Waals surface area contributed by atoms with Crippen molar-refractivity contribution in [1.82, 2.24) is 0 Å². The summed E-state index contributed by atoms with van der Waals surface area (Å²) in [5.74, 6) is -0.742. The van der Waals surface area contributed by atoms with Gasteiger partial charge >= 0.3 is 5.97 Å². The van der Waals surface area contributed by atoms with Gasteiger partial charge in [0.25, 0.3) is 0 Å². The lowest BCUT2D eigenvalue weighted by Crippen LogP contribution is -2.44. The molecule has 1 N–H and O–H groups in total. The lowest BCUT2D eigenvalue weighted by Gasteiger charge is -2.35. The van der Waals surface area contributed by atoms with Crippen LogP contribution in [0.3, 0.4) is 0 Å². The van der Waals surface area contributed by atoms with Crippen LogP contribution in [0.5, 0.6) is 5.75 Å². The quantitative estimate of drug-likeness (QED) is 0.358. The van der Waals surface area contributed by atoms with E-state index in [1.807, 2.05) is 25.1 Å². The molecule has 0 aliphatic heterocycles. The van der Waals surface area contributed by atoms with Gasteiger partial charge in [-0.1, -0.05) is 62.9 Å². The molecular weight excluding hydrogens is 471 g/mol. The first-order chi connectivity index (χ1) is 15.4. The second kappa shape index (κ2) is 11.3. The maximum Gasteiger partial charge on any atom is 0.341 e. The number of carbonyl (C=O) groups is 1. The van der Waals surface area contributed by atoms with E-state index in [1.165, 1.54) is 5.56 Å². The Labute approximate surface area is 199 Å². The van der Waals surface area contributed by atoms with Gasteiger partial charge in [0.05, 0.1) is 11.6 Å². The molecule has 0 aromatic heterocycles. The number of halogens is 2. The maximum absolute atomic E-state index is 15.7. The number of carboxylic acid groups (broad SMARTS) is 1. The number of aryl methyl sites for hydroxylation is 1. The number of alkyl halides is 1. The van der Waals surface area contributed by atoms with Gasteiger partial charge in [-0.2, -0.15) is 0 Å². The van der Waals surface area contributed by atoms with Crippen molar-refractivity contribution >= 4 is 21.9 Å². The van der Waals surface area contributed by atoms with E-state index in [0.717, 1.165) is 59.9 Å². The predicted molar refractivity (Wildman–Crippen MR) is 131 cm³/mol. The third kappa shape index (κ3) is 5.92. The Bertz CT molecular complexity index is 892. The SMILES string of the molecule is CCC(CCc1ccc(-c2ccc(OC)c(Br)c2)cc1)C[C@@](F)(C(=O)O)C1CCCCC1. The fraction of sp³-hybridized carbons (Fsp3) is 0.519. The summed E-state index contributed by atoms with van der Waals surface area (Å²) in [6.45, 7) is 2.04. The first-order valence-corrected chi connectivity index (χ1v) is 12.5. The van der Waals surface area contributed by atoms with Crippen LogP contribution in [0.15, 0.2) is 46.9 Å². The second-order valence-electron chi connectivity index (χ2n) is 9.07. The minimum Gasteiger partial charge on any atom is -0.496 e. The van der Waals surface area contributed by atoms with Crippen molar-refractivity contribution in [3.05, 3.63) is 52.5 Å². The standard InChI is InChI=1S/C27H34BrFO3/c1-3-19(18-27(29,26(30)31)23-7-5-4-6-8-23)9-10-20-11-13-21(14-12-20)22-15-16-25(32-2)24(28)17-22/h11-17,19,23H,3-10,18H2,1-2H3,(H,30,31)/t19?,27-/m0/s1. The van der Waals surface area contributed by atoms with Crippen molar-refractivity contribution in [2.24, 2.45) is 11.8 Å². The normalized spacial score (nSPS) is 17.5. The number of rotatable bonds is 10. The number of aliphatic carboxylic acids is 1. The summed E-state index contributed by atoms with van der Waals surface area (Å²) in [6.07, 6.45) is 6.92. The molecule has 1 aliphatic rings. The van der Waals surface area contributed by atoms with E-state index in [9.17, 15) is 9.90 Å².